The van der Waals surface area contributed by atoms with Gasteiger partial charge in [-0.1, -0.05) is 48.6 Å². The second-order valence-electron chi connectivity index (χ2n) is 5.35. The molecule has 2 N–H and O–H groups in total. The van der Waals surface area contributed by atoms with Crippen LogP contribution in [-0.2, 0) is 6.54 Å². The van der Waals surface area contributed by atoms with Crippen LogP contribution in [0.2, 0.25) is 0 Å². The number of hydrogen-bond acceptors (Lipinski definition) is 3. The van der Waals surface area contributed by atoms with Gasteiger partial charge in [0.1, 0.15) is 0 Å². The molecule has 1 heterocycles. The largest absolute Gasteiger partial charge is 0.317 e. The van der Waals surface area contributed by atoms with Gasteiger partial charge in [-0.3, -0.25) is 4.79 Å². The van der Waals surface area contributed by atoms with Gasteiger partial charge >= 0.3 is 0 Å². The van der Waals surface area contributed by atoms with Crippen molar-refractivity contribution >= 4 is 16.8 Å². The first-order valence-corrected chi connectivity index (χ1v) is 7.48. The molecule has 0 saturated heterocycles. The molecule has 2 aromatic carbocycles. The fraction of sp³-hybridized carbons (Fsp3) is 0.105. The SMILES string of the molecule is O=c1c2ccc(C=CCNO)cc2ccn1Cc1ccccc1. The molecule has 0 aliphatic carbocycles. The summed E-state index contributed by atoms with van der Waals surface area (Å²) in [5.41, 5.74) is 4.18. The average molecular weight is 306 g/mol. The first-order chi connectivity index (χ1) is 11.3. The quantitative estimate of drug-likeness (QED) is 0.712. The monoisotopic (exact) mass is 306 g/mol. The van der Waals surface area contributed by atoms with Crippen LogP contribution in [0.15, 0.2) is 71.7 Å². The highest BCUT2D eigenvalue weighted by molar-refractivity contribution is 5.83. The van der Waals surface area contributed by atoms with Crippen LogP contribution in [0.5, 0.6) is 0 Å². The fourth-order valence-electron chi connectivity index (χ4n) is 2.56. The zero-order valence-corrected chi connectivity index (χ0v) is 12.6. The lowest BCUT2D eigenvalue weighted by atomic mass is 10.1. The molecule has 0 aliphatic rings. The summed E-state index contributed by atoms with van der Waals surface area (Å²) in [6.45, 7) is 0.955. The summed E-state index contributed by atoms with van der Waals surface area (Å²) >= 11 is 0. The highest BCUT2D eigenvalue weighted by Gasteiger charge is 2.04. The molecular formula is C19H18N2O2. The molecule has 4 heteroatoms. The molecule has 0 saturated carbocycles. The molecule has 3 aromatic rings. The Morgan fingerprint density at radius 2 is 1.91 bits per heavy atom. The van der Waals surface area contributed by atoms with Gasteiger partial charge in [0, 0.05) is 18.1 Å². The van der Waals surface area contributed by atoms with E-state index in [0.717, 1.165) is 16.5 Å². The second kappa shape index (κ2) is 7.05. The molecule has 0 spiro atoms. The topological polar surface area (TPSA) is 54.3 Å². The van der Waals surface area contributed by atoms with Crippen LogP contribution in [0.25, 0.3) is 16.8 Å². The zero-order valence-electron chi connectivity index (χ0n) is 12.6. The maximum atomic E-state index is 12.6. The van der Waals surface area contributed by atoms with Crippen molar-refractivity contribution in [3.8, 4) is 0 Å². The molecule has 0 fully saturated rings. The van der Waals surface area contributed by atoms with Crippen LogP contribution in [0.3, 0.4) is 0 Å². The highest BCUT2D eigenvalue weighted by atomic mass is 16.5. The number of rotatable bonds is 5. The van der Waals surface area contributed by atoms with E-state index in [2.05, 4.69) is 5.48 Å². The predicted octanol–water partition coefficient (Wildman–Crippen LogP) is 3.04. The number of nitrogens with one attached hydrogen (secondary N) is 1. The Labute approximate surface area is 134 Å². The fourth-order valence-corrected chi connectivity index (χ4v) is 2.56. The molecule has 0 amide bonds. The number of hydrogen-bond donors (Lipinski definition) is 2. The molecule has 0 unspecified atom stereocenters. The number of aromatic nitrogens is 1. The van der Waals surface area contributed by atoms with Gasteiger partial charge in [0.2, 0.25) is 0 Å². The van der Waals surface area contributed by atoms with Crippen molar-refractivity contribution in [1.29, 1.82) is 0 Å². The number of fused-ring (bicyclic) bond motifs is 1. The Balaban J connectivity index is 1.93. The van der Waals surface area contributed by atoms with Gasteiger partial charge in [-0.15, -0.1) is 0 Å². The van der Waals surface area contributed by atoms with E-state index in [1.165, 1.54) is 0 Å². The number of benzene rings is 2. The molecule has 0 bridgehead atoms. The van der Waals surface area contributed by atoms with Crippen LogP contribution in [0, 0.1) is 0 Å². The van der Waals surface area contributed by atoms with Crippen LogP contribution in [-0.4, -0.2) is 16.3 Å². The van der Waals surface area contributed by atoms with Crippen molar-refractivity contribution < 1.29 is 5.21 Å². The van der Waals surface area contributed by atoms with Crippen molar-refractivity contribution in [2.24, 2.45) is 0 Å². The van der Waals surface area contributed by atoms with Crippen LogP contribution >= 0.6 is 0 Å². The Hall–Kier alpha value is -2.69. The van der Waals surface area contributed by atoms with Gasteiger partial charge in [0.05, 0.1) is 6.54 Å². The van der Waals surface area contributed by atoms with Crippen molar-refractivity contribution in [3.05, 3.63) is 88.4 Å². The van der Waals surface area contributed by atoms with E-state index >= 15 is 0 Å². The number of hydroxylamine groups is 1. The van der Waals surface area contributed by atoms with E-state index in [9.17, 15) is 4.79 Å². The van der Waals surface area contributed by atoms with E-state index in [4.69, 9.17) is 5.21 Å². The summed E-state index contributed by atoms with van der Waals surface area (Å²) in [7, 11) is 0. The third-order valence-electron chi connectivity index (χ3n) is 3.72. The minimum Gasteiger partial charge on any atom is -0.317 e. The molecule has 0 radical (unpaired) electrons. The summed E-state index contributed by atoms with van der Waals surface area (Å²) in [6, 6.07) is 17.6. The predicted molar refractivity (Wildman–Crippen MR) is 92.6 cm³/mol. The minimum atomic E-state index is 0.0129. The molecule has 0 atom stereocenters. The highest BCUT2D eigenvalue weighted by Crippen LogP contribution is 2.14. The van der Waals surface area contributed by atoms with Crippen molar-refractivity contribution in [2.75, 3.05) is 6.54 Å². The summed E-state index contributed by atoms with van der Waals surface area (Å²) in [5, 5.41) is 10.2. The van der Waals surface area contributed by atoms with Gasteiger partial charge < -0.3 is 9.77 Å². The number of pyridine rings is 1. The lowest BCUT2D eigenvalue weighted by Gasteiger charge is -2.08. The Morgan fingerprint density at radius 1 is 1.09 bits per heavy atom. The third kappa shape index (κ3) is 3.56. The van der Waals surface area contributed by atoms with Crippen molar-refractivity contribution in [1.82, 2.24) is 10.0 Å². The number of nitrogens with zero attached hydrogens (tertiary/aromatic N) is 1. The molecule has 1 aromatic heterocycles. The second-order valence-corrected chi connectivity index (χ2v) is 5.35. The maximum absolute atomic E-state index is 12.6. The van der Waals surface area contributed by atoms with Gasteiger partial charge in [-0.05, 0) is 34.7 Å². The molecule has 23 heavy (non-hydrogen) atoms. The summed E-state index contributed by atoms with van der Waals surface area (Å²) in [6.07, 6.45) is 5.55. The smallest absolute Gasteiger partial charge is 0.258 e. The Morgan fingerprint density at radius 3 is 2.70 bits per heavy atom. The Bertz CT molecular complexity index is 883. The van der Waals surface area contributed by atoms with Crippen molar-refractivity contribution in [3.63, 3.8) is 0 Å². The van der Waals surface area contributed by atoms with E-state index in [1.807, 2.05) is 72.9 Å². The summed E-state index contributed by atoms with van der Waals surface area (Å²) in [5.74, 6) is 0. The molecule has 4 nitrogen and oxygen atoms in total. The standard InChI is InChI=1S/C19H18N2O2/c22-19-18-9-8-15(7-4-11-20-23)13-17(18)10-12-21(19)14-16-5-2-1-3-6-16/h1-10,12-13,20,23H,11,14H2. The van der Waals surface area contributed by atoms with Crippen LogP contribution in [0.1, 0.15) is 11.1 Å². The van der Waals surface area contributed by atoms with E-state index in [1.54, 1.807) is 4.57 Å². The van der Waals surface area contributed by atoms with Gasteiger partial charge in [0.25, 0.3) is 5.56 Å². The van der Waals surface area contributed by atoms with Crippen LogP contribution in [0.4, 0.5) is 0 Å². The van der Waals surface area contributed by atoms with Gasteiger partial charge in [0.15, 0.2) is 0 Å². The molecular weight excluding hydrogens is 288 g/mol. The third-order valence-corrected chi connectivity index (χ3v) is 3.72. The summed E-state index contributed by atoms with van der Waals surface area (Å²) < 4.78 is 1.73. The normalized spacial score (nSPS) is 11.3. The van der Waals surface area contributed by atoms with E-state index < -0.39 is 0 Å². The lowest BCUT2D eigenvalue weighted by molar-refractivity contribution is 0.180. The van der Waals surface area contributed by atoms with E-state index in [-0.39, 0.29) is 5.56 Å². The molecule has 0 aliphatic heterocycles. The van der Waals surface area contributed by atoms with Gasteiger partial charge in [-0.25, -0.2) is 5.48 Å². The first kappa shape index (κ1) is 15.2. The zero-order chi connectivity index (χ0) is 16.1. The van der Waals surface area contributed by atoms with Gasteiger partial charge in [-0.2, -0.15) is 0 Å². The first-order valence-electron chi connectivity index (χ1n) is 7.48. The van der Waals surface area contributed by atoms with E-state index in [0.29, 0.717) is 18.5 Å². The lowest BCUT2D eigenvalue weighted by Crippen LogP contribution is -2.19. The maximum Gasteiger partial charge on any atom is 0.258 e. The Kier molecular flexibility index (Phi) is 4.66. The van der Waals surface area contributed by atoms with Crippen molar-refractivity contribution in [2.45, 2.75) is 6.54 Å². The van der Waals surface area contributed by atoms with Crippen LogP contribution < -0.4 is 11.0 Å². The average Bonchev–Trinajstić information content (AvgIpc) is 2.59. The summed E-state index contributed by atoms with van der Waals surface area (Å²) in [4.78, 5) is 12.6. The minimum absolute atomic E-state index is 0.0129. The molecule has 3 rings (SSSR count). The molecule has 116 valence electrons.